The summed E-state index contributed by atoms with van der Waals surface area (Å²) in [6.45, 7) is 0. The van der Waals surface area contributed by atoms with Crippen LogP contribution in [0.15, 0.2) is 12.3 Å². The topological polar surface area (TPSA) is 93.6 Å². The normalized spacial score (nSPS) is 9.21. The summed E-state index contributed by atoms with van der Waals surface area (Å²) in [4.78, 5) is 0.953. The molecule has 2 aromatic heterocycles. The van der Waals surface area contributed by atoms with Crippen LogP contribution in [0.25, 0.3) is 5.52 Å². The number of hydrogen-bond acceptors (Lipinski definition) is 4. The SMILES string of the molecule is N#Cc1ccn2c1c(C#N)nn2C#N. The maximum Gasteiger partial charge on any atom is 0.224 e. The number of nitriles is 3. The van der Waals surface area contributed by atoms with Crippen LogP contribution in [0.5, 0.6) is 0 Å². The largest absolute Gasteiger partial charge is 0.227 e. The molecule has 0 N–H and O–H groups in total. The third-order valence-corrected chi connectivity index (χ3v) is 1.81. The average Bonchev–Trinajstić information content (AvgIpc) is 2.75. The van der Waals surface area contributed by atoms with Gasteiger partial charge in [-0.3, -0.25) is 0 Å². The van der Waals surface area contributed by atoms with E-state index in [4.69, 9.17) is 15.8 Å². The molecular weight excluding hydrogens is 180 g/mol. The van der Waals surface area contributed by atoms with Crippen molar-refractivity contribution in [3.63, 3.8) is 0 Å². The van der Waals surface area contributed by atoms with Crippen LogP contribution in [0, 0.1) is 34.1 Å². The number of aromatic nitrogens is 3. The third kappa shape index (κ3) is 0.782. The third-order valence-electron chi connectivity index (χ3n) is 1.81. The van der Waals surface area contributed by atoms with Crippen LogP contribution in [0.3, 0.4) is 0 Å². The van der Waals surface area contributed by atoms with Crippen molar-refractivity contribution in [2.75, 3.05) is 0 Å². The van der Waals surface area contributed by atoms with Crippen LogP contribution >= 0.6 is 0 Å². The minimum absolute atomic E-state index is 0.0769. The predicted octanol–water partition coefficient (Wildman–Crippen LogP) is 0.208. The smallest absolute Gasteiger partial charge is 0.224 e. The average molecular weight is 182 g/mol. The Morgan fingerprint density at radius 2 is 2.00 bits per heavy atom. The van der Waals surface area contributed by atoms with E-state index in [0.717, 1.165) is 4.80 Å². The summed E-state index contributed by atoms with van der Waals surface area (Å²) < 4.78 is 1.36. The molecule has 0 aliphatic heterocycles. The van der Waals surface area contributed by atoms with Crippen molar-refractivity contribution in [2.24, 2.45) is 0 Å². The van der Waals surface area contributed by atoms with E-state index >= 15 is 0 Å². The van der Waals surface area contributed by atoms with Crippen molar-refractivity contribution in [3.05, 3.63) is 23.5 Å². The Morgan fingerprint density at radius 1 is 1.21 bits per heavy atom. The van der Waals surface area contributed by atoms with Crippen LogP contribution in [0.4, 0.5) is 0 Å². The van der Waals surface area contributed by atoms with Crippen LogP contribution in [-0.2, 0) is 0 Å². The lowest BCUT2D eigenvalue weighted by atomic mass is 10.3. The van der Waals surface area contributed by atoms with Gasteiger partial charge in [-0.05, 0) is 6.07 Å². The maximum atomic E-state index is 8.73. The molecule has 0 amide bonds. The van der Waals surface area contributed by atoms with E-state index < -0.39 is 0 Å². The van der Waals surface area contributed by atoms with Gasteiger partial charge in [0.1, 0.15) is 17.7 Å². The fraction of sp³-hybridized carbons (Fsp3) is 0. The molecule has 0 radical (unpaired) electrons. The Bertz CT molecular complexity index is 612. The summed E-state index contributed by atoms with van der Waals surface area (Å²) in [5, 5.41) is 29.8. The summed E-state index contributed by atoms with van der Waals surface area (Å²) in [5.41, 5.74) is 0.785. The van der Waals surface area contributed by atoms with E-state index in [1.807, 2.05) is 12.1 Å². The zero-order valence-electron chi connectivity index (χ0n) is 6.84. The van der Waals surface area contributed by atoms with Gasteiger partial charge in [-0.2, -0.15) is 15.8 Å². The van der Waals surface area contributed by atoms with Gasteiger partial charge in [0.15, 0.2) is 5.69 Å². The molecule has 6 heteroatoms. The second-order valence-corrected chi connectivity index (χ2v) is 2.48. The Balaban J connectivity index is 2.97. The van der Waals surface area contributed by atoms with Gasteiger partial charge < -0.3 is 0 Å². The quantitative estimate of drug-likeness (QED) is 0.581. The molecule has 0 aliphatic rings. The first kappa shape index (κ1) is 7.85. The van der Waals surface area contributed by atoms with Crippen molar-refractivity contribution in [1.82, 2.24) is 14.4 Å². The van der Waals surface area contributed by atoms with E-state index in [1.165, 1.54) is 16.8 Å². The molecule has 2 heterocycles. The highest BCUT2D eigenvalue weighted by Crippen LogP contribution is 2.14. The first-order valence-electron chi connectivity index (χ1n) is 3.62. The van der Waals surface area contributed by atoms with Crippen molar-refractivity contribution in [2.45, 2.75) is 0 Å². The van der Waals surface area contributed by atoms with Crippen molar-refractivity contribution in [3.8, 4) is 18.3 Å². The van der Waals surface area contributed by atoms with Crippen molar-refractivity contribution in [1.29, 1.82) is 15.8 Å². The van der Waals surface area contributed by atoms with E-state index in [0.29, 0.717) is 11.1 Å². The van der Waals surface area contributed by atoms with E-state index in [9.17, 15) is 0 Å². The molecule has 14 heavy (non-hydrogen) atoms. The van der Waals surface area contributed by atoms with Crippen molar-refractivity contribution >= 4 is 5.52 Å². The van der Waals surface area contributed by atoms with E-state index in [-0.39, 0.29) is 5.69 Å². The fourth-order valence-electron chi connectivity index (χ4n) is 1.24. The van der Waals surface area contributed by atoms with Gasteiger partial charge in [-0.1, -0.05) is 4.80 Å². The maximum absolute atomic E-state index is 8.73. The van der Waals surface area contributed by atoms with Gasteiger partial charge in [0, 0.05) is 6.20 Å². The monoisotopic (exact) mass is 182 g/mol. The summed E-state index contributed by atoms with van der Waals surface area (Å²) in [6, 6.07) is 5.29. The van der Waals surface area contributed by atoms with Crippen LogP contribution in [-0.4, -0.2) is 14.4 Å². The Hall–Kier alpha value is -2.78. The molecule has 2 aromatic rings. The summed E-state index contributed by atoms with van der Waals surface area (Å²) in [5.74, 6) is 0. The molecule has 0 saturated heterocycles. The molecular formula is C8H2N6. The van der Waals surface area contributed by atoms with Crippen LogP contribution in [0.2, 0.25) is 0 Å². The highest BCUT2D eigenvalue weighted by Gasteiger charge is 2.13. The fourth-order valence-corrected chi connectivity index (χ4v) is 1.24. The molecule has 0 fully saturated rings. The predicted molar refractivity (Wildman–Crippen MR) is 43.6 cm³/mol. The lowest BCUT2D eigenvalue weighted by Crippen LogP contribution is -1.98. The first-order chi connectivity index (χ1) is 6.81. The number of nitrogens with zero attached hydrogens (tertiary/aromatic N) is 6. The van der Waals surface area contributed by atoms with Crippen molar-refractivity contribution < 1.29 is 0 Å². The highest BCUT2D eigenvalue weighted by atomic mass is 15.5. The first-order valence-corrected chi connectivity index (χ1v) is 3.62. The second-order valence-electron chi connectivity index (χ2n) is 2.48. The van der Waals surface area contributed by atoms with Crippen LogP contribution in [0.1, 0.15) is 11.3 Å². The zero-order chi connectivity index (χ0) is 10.1. The highest BCUT2D eigenvalue weighted by molar-refractivity contribution is 5.67. The molecule has 0 atom stereocenters. The van der Waals surface area contributed by atoms with Gasteiger partial charge in [-0.15, -0.1) is 5.10 Å². The van der Waals surface area contributed by atoms with Gasteiger partial charge in [-0.25, -0.2) is 4.52 Å². The van der Waals surface area contributed by atoms with Gasteiger partial charge in [0.25, 0.3) is 0 Å². The van der Waals surface area contributed by atoms with E-state index in [1.54, 1.807) is 6.19 Å². The number of fused-ring (bicyclic) bond motifs is 1. The second kappa shape index (κ2) is 2.62. The van der Waals surface area contributed by atoms with Gasteiger partial charge in [0.2, 0.25) is 6.19 Å². The molecule has 0 aromatic carbocycles. The number of hydrogen-bond donors (Lipinski definition) is 0. The molecule has 0 unspecified atom stereocenters. The number of rotatable bonds is 0. The molecule has 2 rings (SSSR count). The summed E-state index contributed by atoms with van der Waals surface area (Å²) >= 11 is 0. The summed E-state index contributed by atoms with van der Waals surface area (Å²) in [6.07, 6.45) is 3.29. The lowest BCUT2D eigenvalue weighted by Gasteiger charge is -1.85. The molecule has 0 spiro atoms. The van der Waals surface area contributed by atoms with Gasteiger partial charge in [0.05, 0.1) is 5.56 Å². The van der Waals surface area contributed by atoms with Crippen LogP contribution < -0.4 is 0 Å². The zero-order valence-corrected chi connectivity index (χ0v) is 6.84. The standard InChI is InChI=1S/C8H2N6/c9-3-6-1-2-13-8(6)7(4-10)12-14(13)5-11/h1-2H. The summed E-state index contributed by atoms with van der Waals surface area (Å²) in [7, 11) is 0. The minimum atomic E-state index is 0.0769. The lowest BCUT2D eigenvalue weighted by molar-refractivity contribution is 0.709. The Labute approximate surface area is 78.4 Å². The molecule has 64 valence electrons. The molecule has 0 aliphatic carbocycles. The molecule has 0 bridgehead atoms. The Kier molecular flexibility index (Phi) is 1.47. The minimum Gasteiger partial charge on any atom is -0.227 e. The Morgan fingerprint density at radius 3 is 2.57 bits per heavy atom. The van der Waals surface area contributed by atoms with E-state index in [2.05, 4.69) is 5.10 Å². The molecule has 6 nitrogen and oxygen atoms in total. The van der Waals surface area contributed by atoms with Gasteiger partial charge >= 0.3 is 0 Å². The molecule has 0 saturated carbocycles.